The number of nitrogens with one attached hydrogen (secondary N) is 2. The topological polar surface area (TPSA) is 91.6 Å². The lowest BCUT2D eigenvalue weighted by Gasteiger charge is -2.33. The first-order valence-corrected chi connectivity index (χ1v) is 12.8. The molecule has 2 aromatic heterocycles. The van der Waals surface area contributed by atoms with Gasteiger partial charge >= 0.3 is 0 Å². The van der Waals surface area contributed by atoms with Crippen molar-refractivity contribution in [2.24, 2.45) is 0 Å². The number of piperidine rings is 1. The molecule has 1 fully saturated rings. The fraction of sp³-hybridized carbons (Fsp3) is 0.231. The third kappa shape index (κ3) is 4.94. The Hall–Kier alpha value is -3.43. The maximum atomic E-state index is 13.2. The van der Waals surface area contributed by atoms with Crippen LogP contribution in [0.1, 0.15) is 30.1 Å². The molecule has 2 amide bonds. The van der Waals surface area contributed by atoms with Gasteiger partial charge < -0.3 is 15.5 Å². The number of carbonyl (C=O) groups is 2. The van der Waals surface area contributed by atoms with Crippen molar-refractivity contribution in [1.82, 2.24) is 19.5 Å². The average Bonchev–Trinajstić information content (AvgIpc) is 3.25. The zero-order valence-corrected chi connectivity index (χ0v) is 21.9. The predicted octanol–water partition coefficient (Wildman–Crippen LogP) is 5.49. The van der Waals surface area contributed by atoms with Crippen LogP contribution in [0.15, 0.2) is 65.3 Å². The zero-order chi connectivity index (χ0) is 25.2. The Morgan fingerprint density at radius 1 is 1.08 bits per heavy atom. The molecule has 0 aliphatic carbocycles. The largest absolute Gasteiger partial charge is 0.367 e. The normalized spacial score (nSPS) is 14.1. The number of hydrogen-bond donors (Lipinski definition) is 2. The van der Waals surface area contributed by atoms with Crippen LogP contribution in [-0.4, -0.2) is 50.4 Å². The Bertz CT molecular complexity index is 1450. The van der Waals surface area contributed by atoms with Crippen LogP contribution in [0.25, 0.3) is 16.9 Å². The van der Waals surface area contributed by atoms with E-state index in [4.69, 9.17) is 16.6 Å². The van der Waals surface area contributed by atoms with Gasteiger partial charge in [0.25, 0.3) is 5.91 Å². The Balaban J connectivity index is 1.34. The Morgan fingerprint density at radius 2 is 1.81 bits per heavy atom. The number of rotatable bonds is 5. The second kappa shape index (κ2) is 10.3. The molecule has 10 heteroatoms. The molecule has 5 rings (SSSR count). The van der Waals surface area contributed by atoms with E-state index in [9.17, 15) is 9.59 Å². The highest BCUT2D eigenvalue weighted by Crippen LogP contribution is 2.31. The molecule has 8 nitrogen and oxygen atoms in total. The predicted molar refractivity (Wildman–Crippen MR) is 144 cm³/mol. The molecule has 2 N–H and O–H groups in total. The summed E-state index contributed by atoms with van der Waals surface area (Å²) < 4.78 is 2.56. The molecule has 1 aliphatic rings. The number of para-hydroxylation sites is 1. The molecular weight excluding hydrogens is 544 g/mol. The van der Waals surface area contributed by atoms with Crippen LogP contribution in [0, 0.1) is 0 Å². The number of benzene rings is 2. The van der Waals surface area contributed by atoms with Gasteiger partial charge in [-0.15, -0.1) is 0 Å². The van der Waals surface area contributed by atoms with Gasteiger partial charge in [-0.05, 0) is 47.0 Å². The van der Waals surface area contributed by atoms with E-state index in [2.05, 4.69) is 31.7 Å². The summed E-state index contributed by atoms with van der Waals surface area (Å²) in [5.74, 6) is 0.519. The minimum Gasteiger partial charge on any atom is -0.367 e. The van der Waals surface area contributed by atoms with E-state index in [0.717, 1.165) is 34.4 Å². The van der Waals surface area contributed by atoms with Crippen molar-refractivity contribution in [1.29, 1.82) is 0 Å². The van der Waals surface area contributed by atoms with Gasteiger partial charge in [0.2, 0.25) is 5.91 Å². The van der Waals surface area contributed by atoms with Crippen molar-refractivity contribution in [3.8, 4) is 11.3 Å². The highest BCUT2D eigenvalue weighted by atomic mass is 79.9. The number of aromatic nitrogens is 3. The Labute approximate surface area is 221 Å². The summed E-state index contributed by atoms with van der Waals surface area (Å²) in [7, 11) is 0. The van der Waals surface area contributed by atoms with E-state index >= 15 is 0 Å². The van der Waals surface area contributed by atoms with Crippen LogP contribution in [0.4, 0.5) is 11.5 Å². The van der Waals surface area contributed by atoms with Crippen LogP contribution in [0.5, 0.6) is 0 Å². The zero-order valence-electron chi connectivity index (χ0n) is 19.5. The molecule has 0 bridgehead atoms. The number of likely N-dealkylation sites (tertiary alicyclic amines) is 1. The second-order valence-corrected chi connectivity index (χ2v) is 9.93. The standard InChI is InChI=1S/C26H24BrClN6O2/c1-16(35)30-22-9-5-3-7-19(22)26(36)33-12-10-17(11-13-33)31-24-14-23(18-6-2-4-8-21(18)28)32-25-20(27)15-29-34(24)25/h2-9,14-15,17,31H,10-13H2,1H3,(H,30,35). The number of carbonyl (C=O) groups excluding carboxylic acids is 2. The first-order valence-electron chi connectivity index (χ1n) is 11.6. The molecule has 184 valence electrons. The molecule has 1 saturated heterocycles. The number of halogens is 2. The number of nitrogens with zero attached hydrogens (tertiary/aromatic N) is 4. The molecular formula is C26H24BrClN6O2. The van der Waals surface area contributed by atoms with Crippen LogP contribution < -0.4 is 10.6 Å². The fourth-order valence-electron chi connectivity index (χ4n) is 4.42. The smallest absolute Gasteiger partial charge is 0.255 e. The Morgan fingerprint density at radius 3 is 2.56 bits per heavy atom. The van der Waals surface area contributed by atoms with E-state index < -0.39 is 0 Å². The van der Waals surface area contributed by atoms with Gasteiger partial charge in [0.05, 0.1) is 27.6 Å². The lowest BCUT2D eigenvalue weighted by atomic mass is 10.0. The van der Waals surface area contributed by atoms with Crippen LogP contribution in [-0.2, 0) is 4.79 Å². The minimum atomic E-state index is -0.205. The van der Waals surface area contributed by atoms with Gasteiger partial charge in [0.15, 0.2) is 5.65 Å². The molecule has 0 saturated carbocycles. The van der Waals surface area contributed by atoms with E-state index in [1.165, 1.54) is 6.92 Å². The number of amides is 2. The molecule has 4 aromatic rings. The molecule has 3 heterocycles. The lowest BCUT2D eigenvalue weighted by molar-refractivity contribution is -0.114. The average molecular weight is 568 g/mol. The first kappa shape index (κ1) is 24.3. The summed E-state index contributed by atoms with van der Waals surface area (Å²) in [6.45, 7) is 2.63. The fourth-order valence-corrected chi connectivity index (χ4v) is 5.00. The van der Waals surface area contributed by atoms with E-state index in [0.29, 0.717) is 35.0 Å². The maximum Gasteiger partial charge on any atom is 0.255 e. The van der Waals surface area contributed by atoms with E-state index in [1.54, 1.807) is 35.0 Å². The molecule has 1 aliphatic heterocycles. The monoisotopic (exact) mass is 566 g/mol. The quantitative estimate of drug-likeness (QED) is 0.333. The number of fused-ring (bicyclic) bond motifs is 1. The molecule has 0 radical (unpaired) electrons. The van der Waals surface area contributed by atoms with Gasteiger partial charge in [-0.3, -0.25) is 9.59 Å². The summed E-state index contributed by atoms with van der Waals surface area (Å²) in [5.41, 5.74) is 3.32. The van der Waals surface area contributed by atoms with Crippen molar-refractivity contribution in [2.45, 2.75) is 25.8 Å². The van der Waals surface area contributed by atoms with Crippen molar-refractivity contribution < 1.29 is 9.59 Å². The van der Waals surface area contributed by atoms with Crippen LogP contribution in [0.2, 0.25) is 5.02 Å². The van der Waals surface area contributed by atoms with Crippen molar-refractivity contribution in [3.63, 3.8) is 0 Å². The highest BCUT2D eigenvalue weighted by molar-refractivity contribution is 9.10. The Kier molecular flexibility index (Phi) is 6.93. The molecule has 36 heavy (non-hydrogen) atoms. The van der Waals surface area contributed by atoms with Gasteiger partial charge in [-0.25, -0.2) is 4.98 Å². The van der Waals surface area contributed by atoms with Gasteiger partial charge in [0.1, 0.15) is 5.82 Å². The summed E-state index contributed by atoms with van der Waals surface area (Å²) >= 11 is 9.99. The molecule has 0 atom stereocenters. The lowest BCUT2D eigenvalue weighted by Crippen LogP contribution is -2.42. The van der Waals surface area contributed by atoms with Crippen LogP contribution >= 0.6 is 27.5 Å². The second-order valence-electron chi connectivity index (χ2n) is 8.67. The van der Waals surface area contributed by atoms with Gasteiger partial charge in [-0.1, -0.05) is 41.9 Å². The summed E-state index contributed by atoms with van der Waals surface area (Å²) in [5, 5.41) is 11.5. The maximum absolute atomic E-state index is 13.2. The minimum absolute atomic E-state index is 0.0823. The van der Waals surface area contributed by atoms with E-state index in [1.807, 2.05) is 35.2 Å². The summed E-state index contributed by atoms with van der Waals surface area (Å²) in [6.07, 6.45) is 3.25. The van der Waals surface area contributed by atoms with Crippen molar-refractivity contribution in [3.05, 3.63) is 75.9 Å². The van der Waals surface area contributed by atoms with Crippen LogP contribution in [0.3, 0.4) is 0 Å². The van der Waals surface area contributed by atoms with Crippen molar-refractivity contribution in [2.75, 3.05) is 23.7 Å². The van der Waals surface area contributed by atoms with Gasteiger partial charge in [-0.2, -0.15) is 9.61 Å². The third-order valence-electron chi connectivity index (χ3n) is 6.18. The summed E-state index contributed by atoms with van der Waals surface area (Å²) in [6, 6.07) is 16.8. The molecule has 2 aromatic carbocycles. The SMILES string of the molecule is CC(=O)Nc1ccccc1C(=O)N1CCC(Nc2cc(-c3ccccc3Cl)nc3c(Br)cnn23)CC1. The van der Waals surface area contributed by atoms with E-state index in [-0.39, 0.29) is 17.9 Å². The highest BCUT2D eigenvalue weighted by Gasteiger charge is 2.26. The number of hydrogen-bond acceptors (Lipinski definition) is 5. The molecule has 0 unspecified atom stereocenters. The third-order valence-corrected chi connectivity index (χ3v) is 7.07. The number of anilines is 2. The van der Waals surface area contributed by atoms with Gasteiger partial charge in [0, 0.05) is 42.7 Å². The van der Waals surface area contributed by atoms with Crippen molar-refractivity contribution >= 4 is 56.5 Å². The molecule has 0 spiro atoms. The first-order chi connectivity index (χ1) is 17.4. The summed E-state index contributed by atoms with van der Waals surface area (Å²) in [4.78, 5) is 31.3.